The number of methoxy groups -OCH3 is 3. The predicted octanol–water partition coefficient (Wildman–Crippen LogP) is 7.04. The van der Waals surface area contributed by atoms with Crippen molar-refractivity contribution < 1.29 is 14.2 Å². The molecule has 0 radical (unpaired) electrons. The molecule has 0 unspecified atom stereocenters. The number of piperidine rings is 1. The highest BCUT2D eigenvalue weighted by Gasteiger charge is 2.31. The molecule has 5 nitrogen and oxygen atoms in total. The predicted molar refractivity (Wildman–Crippen MR) is 144 cm³/mol. The first-order valence-electron chi connectivity index (χ1n) is 12.4. The van der Waals surface area contributed by atoms with Crippen molar-refractivity contribution in [3.05, 3.63) is 60.2 Å². The molecule has 0 bridgehead atoms. The summed E-state index contributed by atoms with van der Waals surface area (Å²) in [6.45, 7) is 1.92. The maximum Gasteiger partial charge on any atom is 0.203 e. The molecule has 4 aromatic rings. The van der Waals surface area contributed by atoms with Gasteiger partial charge in [0.15, 0.2) is 11.5 Å². The maximum absolute atomic E-state index is 10.5. The van der Waals surface area contributed by atoms with Crippen molar-refractivity contribution in [2.24, 2.45) is 0 Å². The van der Waals surface area contributed by atoms with Crippen molar-refractivity contribution >= 4 is 16.5 Å². The van der Waals surface area contributed by atoms with E-state index in [4.69, 9.17) is 14.2 Å². The van der Waals surface area contributed by atoms with Crippen LogP contribution in [0.15, 0.2) is 54.6 Å². The first-order chi connectivity index (χ1) is 17.7. The minimum Gasteiger partial charge on any atom is -0.493 e. The van der Waals surface area contributed by atoms with Gasteiger partial charge in [0, 0.05) is 18.7 Å². The van der Waals surface area contributed by atoms with Crippen molar-refractivity contribution in [1.29, 1.82) is 5.26 Å². The Morgan fingerprint density at radius 3 is 1.97 bits per heavy atom. The topological polar surface area (TPSA) is 54.7 Å². The van der Waals surface area contributed by atoms with Crippen LogP contribution < -0.4 is 19.1 Å². The van der Waals surface area contributed by atoms with Gasteiger partial charge in [-0.25, -0.2) is 0 Å². The molecule has 2 aliphatic rings. The number of ether oxygens (including phenoxy) is 3. The van der Waals surface area contributed by atoms with E-state index in [0.29, 0.717) is 17.2 Å². The van der Waals surface area contributed by atoms with Crippen molar-refractivity contribution in [2.75, 3.05) is 39.3 Å². The Morgan fingerprint density at radius 2 is 1.39 bits per heavy atom. The van der Waals surface area contributed by atoms with Crippen LogP contribution in [0.5, 0.6) is 17.2 Å². The molecule has 36 heavy (non-hydrogen) atoms. The lowest BCUT2D eigenvalue weighted by Gasteiger charge is -2.31. The molecule has 1 fully saturated rings. The highest BCUT2D eigenvalue weighted by molar-refractivity contribution is 6.20. The molecule has 1 heterocycles. The fourth-order valence-electron chi connectivity index (χ4n) is 5.94. The summed E-state index contributed by atoms with van der Waals surface area (Å²) in [5, 5.41) is 12.9. The fraction of sp³-hybridized carbons (Fsp3) is 0.258. The number of hydrogen-bond donors (Lipinski definition) is 0. The summed E-state index contributed by atoms with van der Waals surface area (Å²) in [6, 6.07) is 21.6. The van der Waals surface area contributed by atoms with E-state index in [1.165, 1.54) is 17.2 Å². The molecule has 4 aromatic carbocycles. The zero-order valence-electron chi connectivity index (χ0n) is 20.9. The normalized spacial score (nSPS) is 13.9. The first kappa shape index (κ1) is 22.3. The third-order valence-corrected chi connectivity index (χ3v) is 7.53. The largest absolute Gasteiger partial charge is 0.493 e. The molecule has 6 rings (SSSR count). The molecular formula is C31H28N2O3. The smallest absolute Gasteiger partial charge is 0.203 e. The van der Waals surface area contributed by atoms with Gasteiger partial charge in [0.2, 0.25) is 5.75 Å². The van der Waals surface area contributed by atoms with E-state index in [1.54, 1.807) is 21.3 Å². The molecule has 0 saturated carbocycles. The number of benzene rings is 4. The van der Waals surface area contributed by atoms with Crippen LogP contribution in [0.4, 0.5) is 5.69 Å². The molecule has 0 spiro atoms. The second-order valence-corrected chi connectivity index (χ2v) is 9.35. The van der Waals surface area contributed by atoms with E-state index >= 15 is 0 Å². The van der Waals surface area contributed by atoms with Crippen molar-refractivity contribution in [1.82, 2.24) is 0 Å². The second kappa shape index (κ2) is 8.80. The molecule has 0 N–H and O–H groups in total. The average Bonchev–Trinajstić information content (AvgIpc) is 3.28. The Kier molecular flexibility index (Phi) is 5.45. The Morgan fingerprint density at radius 1 is 0.750 bits per heavy atom. The van der Waals surface area contributed by atoms with Crippen LogP contribution in [0.25, 0.3) is 44.2 Å². The molecule has 0 atom stereocenters. The van der Waals surface area contributed by atoms with Crippen LogP contribution in [-0.2, 0) is 0 Å². The number of fused-ring (bicyclic) bond motifs is 3. The second-order valence-electron chi connectivity index (χ2n) is 9.35. The minimum absolute atomic E-state index is 0.565. The highest BCUT2D eigenvalue weighted by Crippen LogP contribution is 2.55. The molecule has 0 amide bonds. The average molecular weight is 477 g/mol. The Hall–Kier alpha value is -4.17. The minimum atomic E-state index is 0.565. The van der Waals surface area contributed by atoms with Crippen LogP contribution >= 0.6 is 0 Å². The third kappa shape index (κ3) is 3.21. The first-order valence-corrected chi connectivity index (χ1v) is 12.4. The van der Waals surface area contributed by atoms with Crippen molar-refractivity contribution in [3.63, 3.8) is 0 Å². The lowest BCUT2D eigenvalue weighted by Crippen LogP contribution is -2.30. The molecule has 0 aromatic heterocycles. The quantitative estimate of drug-likeness (QED) is 0.272. The van der Waals surface area contributed by atoms with Crippen LogP contribution in [0, 0.1) is 11.3 Å². The monoisotopic (exact) mass is 476 g/mol. The van der Waals surface area contributed by atoms with Crippen LogP contribution in [0.3, 0.4) is 0 Å². The van der Waals surface area contributed by atoms with Gasteiger partial charge >= 0.3 is 0 Å². The zero-order valence-corrected chi connectivity index (χ0v) is 20.9. The Balaban J connectivity index is 1.73. The third-order valence-electron chi connectivity index (χ3n) is 7.53. The lowest BCUT2D eigenvalue weighted by molar-refractivity contribution is 0.324. The van der Waals surface area contributed by atoms with E-state index in [0.717, 1.165) is 70.6 Å². The number of nitriles is 1. The number of anilines is 1. The van der Waals surface area contributed by atoms with Gasteiger partial charge in [0.05, 0.1) is 32.6 Å². The lowest BCUT2D eigenvalue weighted by atomic mass is 9.88. The van der Waals surface area contributed by atoms with Gasteiger partial charge in [0.1, 0.15) is 6.07 Å². The summed E-state index contributed by atoms with van der Waals surface area (Å²) < 4.78 is 17.0. The van der Waals surface area contributed by atoms with Crippen molar-refractivity contribution in [3.8, 4) is 56.7 Å². The van der Waals surface area contributed by atoms with E-state index < -0.39 is 0 Å². The van der Waals surface area contributed by atoms with Crippen LogP contribution in [0.1, 0.15) is 24.8 Å². The summed E-state index contributed by atoms with van der Waals surface area (Å²) in [4.78, 5) is 2.38. The van der Waals surface area contributed by atoms with E-state index in [2.05, 4.69) is 53.4 Å². The number of hydrogen-bond acceptors (Lipinski definition) is 5. The number of nitrogens with zero attached hydrogens (tertiary/aromatic N) is 2. The standard InChI is InChI=1S/C31H28N2O3/c1-34-26-15-20(16-27(35-2)31(26)36-3)23-17-25(33-13-5-4-6-14-33)24(18-32)30-22-12-8-10-19-9-7-11-21(28(19)22)29(23)30/h7-12,15-17H,4-6,13-14H2,1-3H3. The van der Waals surface area contributed by atoms with Crippen LogP contribution in [0.2, 0.25) is 0 Å². The van der Waals surface area contributed by atoms with Gasteiger partial charge in [-0.2, -0.15) is 5.26 Å². The summed E-state index contributed by atoms with van der Waals surface area (Å²) in [5.74, 6) is 1.78. The van der Waals surface area contributed by atoms with Gasteiger partial charge in [-0.3, -0.25) is 0 Å². The summed E-state index contributed by atoms with van der Waals surface area (Å²) >= 11 is 0. The van der Waals surface area contributed by atoms with Crippen LogP contribution in [-0.4, -0.2) is 34.4 Å². The summed E-state index contributed by atoms with van der Waals surface area (Å²) in [7, 11) is 4.89. The highest BCUT2D eigenvalue weighted by atomic mass is 16.5. The zero-order chi connectivity index (χ0) is 24.8. The van der Waals surface area contributed by atoms with Gasteiger partial charge in [-0.15, -0.1) is 0 Å². The van der Waals surface area contributed by atoms with Gasteiger partial charge in [0.25, 0.3) is 0 Å². The van der Waals surface area contributed by atoms with Gasteiger partial charge in [-0.1, -0.05) is 36.4 Å². The summed E-state index contributed by atoms with van der Waals surface area (Å²) in [6.07, 6.45) is 3.50. The molecular weight excluding hydrogens is 448 g/mol. The van der Waals surface area contributed by atoms with Crippen molar-refractivity contribution in [2.45, 2.75) is 19.3 Å². The maximum atomic E-state index is 10.5. The molecule has 1 saturated heterocycles. The Bertz CT molecular complexity index is 1510. The van der Waals surface area contributed by atoms with E-state index in [-0.39, 0.29) is 0 Å². The van der Waals surface area contributed by atoms with E-state index in [1.807, 2.05) is 12.1 Å². The Labute approximate surface area is 211 Å². The van der Waals surface area contributed by atoms with Gasteiger partial charge < -0.3 is 19.1 Å². The van der Waals surface area contributed by atoms with Gasteiger partial charge in [-0.05, 0) is 76.1 Å². The van der Waals surface area contributed by atoms with E-state index in [9.17, 15) is 5.26 Å². The molecule has 5 heteroatoms. The fourth-order valence-corrected chi connectivity index (χ4v) is 5.94. The SMILES string of the molecule is COc1cc(-c2cc(N3CCCCC3)c(C#N)c3c2-c2cccc4cccc-3c24)cc(OC)c1OC. The molecule has 1 aliphatic carbocycles. The summed E-state index contributed by atoms with van der Waals surface area (Å²) in [5.41, 5.74) is 8.19. The number of rotatable bonds is 5. The molecule has 180 valence electrons. The molecule has 1 aliphatic heterocycles.